The molecule has 0 aromatic carbocycles. The molecule has 1 saturated carbocycles. The van der Waals surface area contributed by atoms with Crippen molar-refractivity contribution in [2.75, 3.05) is 6.54 Å². The summed E-state index contributed by atoms with van der Waals surface area (Å²) in [6, 6.07) is 2.68. The maximum Gasteiger partial charge on any atom is 0.0568 e. The largest absolute Gasteiger partial charge is 0.312 e. The fraction of sp³-hybridized carbons (Fsp3) is 0.786. The second-order valence-corrected chi connectivity index (χ2v) is 5.22. The Morgan fingerprint density at radius 2 is 2.18 bits per heavy atom. The molecule has 1 aliphatic carbocycles. The van der Waals surface area contributed by atoms with Gasteiger partial charge in [0.05, 0.1) is 6.54 Å². The van der Waals surface area contributed by atoms with Gasteiger partial charge in [0.25, 0.3) is 0 Å². The summed E-state index contributed by atoms with van der Waals surface area (Å²) in [5, 5.41) is 8.07. The van der Waals surface area contributed by atoms with Crippen LogP contribution in [0.1, 0.15) is 44.7 Å². The first-order chi connectivity index (χ1) is 8.31. The van der Waals surface area contributed by atoms with Crippen molar-refractivity contribution in [1.82, 2.24) is 15.1 Å². The van der Waals surface area contributed by atoms with Gasteiger partial charge in [0.2, 0.25) is 0 Å². The van der Waals surface area contributed by atoms with E-state index in [-0.39, 0.29) is 0 Å². The zero-order valence-electron chi connectivity index (χ0n) is 11.2. The van der Waals surface area contributed by atoms with Crippen molar-refractivity contribution in [3.05, 3.63) is 18.0 Å². The van der Waals surface area contributed by atoms with E-state index in [0.29, 0.717) is 6.04 Å². The molecule has 1 unspecified atom stereocenters. The zero-order chi connectivity index (χ0) is 12.1. The first-order valence-electron chi connectivity index (χ1n) is 7.03. The minimum Gasteiger partial charge on any atom is -0.312 e. The van der Waals surface area contributed by atoms with Crippen LogP contribution >= 0.6 is 0 Å². The average molecular weight is 235 g/mol. The molecule has 0 amide bonds. The molecule has 1 N–H and O–H groups in total. The number of hydrogen-bond acceptors (Lipinski definition) is 2. The Kier molecular flexibility index (Phi) is 4.60. The normalized spacial score (nSPS) is 19.4. The molecule has 96 valence electrons. The number of hydrogen-bond donors (Lipinski definition) is 1. The molecule has 1 aliphatic rings. The van der Waals surface area contributed by atoms with E-state index < -0.39 is 0 Å². The molecule has 1 aromatic heterocycles. The van der Waals surface area contributed by atoms with Crippen molar-refractivity contribution in [1.29, 1.82) is 0 Å². The van der Waals surface area contributed by atoms with E-state index in [1.54, 1.807) is 0 Å². The SMILES string of the molecule is CCNC(Cn1nccc1C)C1CCCCC1. The molecule has 1 heterocycles. The highest BCUT2D eigenvalue weighted by atomic mass is 15.3. The molecular formula is C14H25N3. The molecule has 0 aliphatic heterocycles. The maximum absolute atomic E-state index is 4.41. The van der Waals surface area contributed by atoms with Crippen LogP contribution in [0.4, 0.5) is 0 Å². The van der Waals surface area contributed by atoms with Crippen LogP contribution in [-0.4, -0.2) is 22.4 Å². The second-order valence-electron chi connectivity index (χ2n) is 5.22. The molecule has 0 bridgehead atoms. The molecule has 0 spiro atoms. The number of nitrogens with one attached hydrogen (secondary N) is 1. The number of aryl methyl sites for hydroxylation is 1. The summed E-state index contributed by atoms with van der Waals surface area (Å²) in [7, 11) is 0. The van der Waals surface area contributed by atoms with Gasteiger partial charge in [-0.2, -0.15) is 5.10 Å². The molecule has 3 nitrogen and oxygen atoms in total. The quantitative estimate of drug-likeness (QED) is 0.850. The second kappa shape index (κ2) is 6.20. The van der Waals surface area contributed by atoms with Gasteiger partial charge in [-0.3, -0.25) is 4.68 Å². The summed E-state index contributed by atoms with van der Waals surface area (Å²) in [4.78, 5) is 0. The van der Waals surface area contributed by atoms with Crippen LogP contribution < -0.4 is 5.32 Å². The van der Waals surface area contributed by atoms with Crippen LogP contribution in [0.5, 0.6) is 0 Å². The molecule has 2 rings (SSSR count). The molecule has 3 heteroatoms. The van der Waals surface area contributed by atoms with E-state index in [1.165, 1.54) is 37.8 Å². The summed E-state index contributed by atoms with van der Waals surface area (Å²) in [5.41, 5.74) is 1.27. The first kappa shape index (κ1) is 12.6. The van der Waals surface area contributed by atoms with Gasteiger partial charge in [0.1, 0.15) is 0 Å². The fourth-order valence-corrected chi connectivity index (χ4v) is 2.96. The minimum absolute atomic E-state index is 0.596. The topological polar surface area (TPSA) is 29.9 Å². The molecular weight excluding hydrogens is 210 g/mol. The van der Waals surface area contributed by atoms with E-state index in [1.807, 2.05) is 6.20 Å². The maximum atomic E-state index is 4.41. The Bertz CT molecular complexity index is 326. The summed E-state index contributed by atoms with van der Waals surface area (Å²) >= 11 is 0. The summed E-state index contributed by atoms with van der Waals surface area (Å²) in [5.74, 6) is 0.840. The molecule has 1 atom stereocenters. The third kappa shape index (κ3) is 3.32. The molecule has 0 saturated heterocycles. The van der Waals surface area contributed by atoms with E-state index in [9.17, 15) is 0 Å². The Hall–Kier alpha value is -0.830. The Morgan fingerprint density at radius 3 is 2.76 bits per heavy atom. The Morgan fingerprint density at radius 1 is 1.41 bits per heavy atom. The van der Waals surface area contributed by atoms with E-state index >= 15 is 0 Å². The molecule has 1 aromatic rings. The zero-order valence-corrected chi connectivity index (χ0v) is 11.2. The van der Waals surface area contributed by atoms with Crippen LogP contribution in [0, 0.1) is 12.8 Å². The van der Waals surface area contributed by atoms with Gasteiger partial charge in [-0.05, 0) is 38.3 Å². The van der Waals surface area contributed by atoms with Crippen molar-refractivity contribution >= 4 is 0 Å². The smallest absolute Gasteiger partial charge is 0.0568 e. The van der Waals surface area contributed by atoms with Crippen LogP contribution in [-0.2, 0) is 6.54 Å². The summed E-state index contributed by atoms with van der Waals surface area (Å²) in [6.45, 7) is 6.42. The summed E-state index contributed by atoms with van der Waals surface area (Å²) in [6.07, 6.45) is 8.92. The van der Waals surface area contributed by atoms with Crippen LogP contribution in [0.15, 0.2) is 12.3 Å². The van der Waals surface area contributed by atoms with Crippen LogP contribution in [0.2, 0.25) is 0 Å². The van der Waals surface area contributed by atoms with Crippen LogP contribution in [0.25, 0.3) is 0 Å². The highest BCUT2D eigenvalue weighted by Crippen LogP contribution is 2.27. The number of aromatic nitrogens is 2. The van der Waals surface area contributed by atoms with Crippen molar-refractivity contribution < 1.29 is 0 Å². The molecule has 1 fully saturated rings. The summed E-state index contributed by atoms with van der Waals surface area (Å²) < 4.78 is 2.14. The van der Waals surface area contributed by atoms with Gasteiger partial charge in [-0.15, -0.1) is 0 Å². The first-order valence-corrected chi connectivity index (χ1v) is 7.03. The number of likely N-dealkylation sites (N-methyl/N-ethyl adjacent to an activating group) is 1. The highest BCUT2D eigenvalue weighted by Gasteiger charge is 2.23. The van der Waals surface area contributed by atoms with Gasteiger partial charge in [0.15, 0.2) is 0 Å². The lowest BCUT2D eigenvalue weighted by Gasteiger charge is -2.31. The van der Waals surface area contributed by atoms with Gasteiger partial charge in [-0.25, -0.2) is 0 Å². The predicted molar refractivity (Wildman–Crippen MR) is 71.0 cm³/mol. The van der Waals surface area contributed by atoms with Gasteiger partial charge < -0.3 is 5.32 Å². The van der Waals surface area contributed by atoms with Crippen molar-refractivity contribution in [3.8, 4) is 0 Å². The van der Waals surface area contributed by atoms with Crippen molar-refractivity contribution in [2.45, 2.75) is 58.5 Å². The van der Waals surface area contributed by atoms with Crippen molar-refractivity contribution in [3.63, 3.8) is 0 Å². The van der Waals surface area contributed by atoms with Gasteiger partial charge in [-0.1, -0.05) is 26.2 Å². The lowest BCUT2D eigenvalue weighted by Crippen LogP contribution is -2.41. The van der Waals surface area contributed by atoms with Crippen LogP contribution in [0.3, 0.4) is 0 Å². The van der Waals surface area contributed by atoms with Gasteiger partial charge in [0, 0.05) is 17.9 Å². The average Bonchev–Trinajstić information content (AvgIpc) is 2.76. The molecule has 0 radical (unpaired) electrons. The Labute approximate surface area is 105 Å². The lowest BCUT2D eigenvalue weighted by atomic mass is 9.84. The van der Waals surface area contributed by atoms with Gasteiger partial charge >= 0.3 is 0 Å². The molecule has 17 heavy (non-hydrogen) atoms. The monoisotopic (exact) mass is 235 g/mol. The third-order valence-electron chi connectivity index (χ3n) is 3.98. The Balaban J connectivity index is 1.98. The fourth-order valence-electron chi connectivity index (χ4n) is 2.96. The number of rotatable bonds is 5. The van der Waals surface area contributed by atoms with E-state index in [0.717, 1.165) is 19.0 Å². The van der Waals surface area contributed by atoms with E-state index in [4.69, 9.17) is 0 Å². The van der Waals surface area contributed by atoms with Crippen molar-refractivity contribution in [2.24, 2.45) is 5.92 Å². The standard InChI is InChI=1S/C14H25N3/c1-3-15-14(13-7-5-4-6-8-13)11-17-12(2)9-10-16-17/h9-10,13-15H,3-8,11H2,1-2H3. The predicted octanol–water partition coefficient (Wildman–Crippen LogP) is 2.75. The number of nitrogens with zero attached hydrogens (tertiary/aromatic N) is 2. The van der Waals surface area contributed by atoms with E-state index in [2.05, 4.69) is 35.0 Å². The highest BCUT2D eigenvalue weighted by molar-refractivity contribution is 4.97. The lowest BCUT2D eigenvalue weighted by molar-refractivity contribution is 0.244. The minimum atomic E-state index is 0.596. The third-order valence-corrected chi connectivity index (χ3v) is 3.98.